The van der Waals surface area contributed by atoms with Crippen LogP contribution in [0.2, 0.25) is 0 Å². The van der Waals surface area contributed by atoms with Crippen LogP contribution in [-0.2, 0) is 14.8 Å². The number of anilines is 2. The number of hydrogen-bond acceptors (Lipinski definition) is 4. The Morgan fingerprint density at radius 1 is 1.13 bits per heavy atom. The molecule has 3 rings (SSSR count). The van der Waals surface area contributed by atoms with Gasteiger partial charge in [-0.3, -0.25) is 9.52 Å². The minimum atomic E-state index is -3.78. The van der Waals surface area contributed by atoms with Gasteiger partial charge in [-0.15, -0.1) is 0 Å². The van der Waals surface area contributed by atoms with E-state index in [0.29, 0.717) is 35.2 Å². The van der Waals surface area contributed by atoms with E-state index < -0.39 is 15.4 Å². The van der Waals surface area contributed by atoms with E-state index >= 15 is 0 Å². The van der Waals surface area contributed by atoms with Gasteiger partial charge in [0.2, 0.25) is 5.91 Å². The first-order valence-electron chi connectivity index (χ1n) is 10.6. The van der Waals surface area contributed by atoms with E-state index in [1.165, 1.54) is 0 Å². The lowest BCUT2D eigenvalue weighted by molar-refractivity contribution is -0.127. The van der Waals surface area contributed by atoms with Crippen LogP contribution in [-0.4, -0.2) is 27.5 Å². The zero-order valence-corrected chi connectivity index (χ0v) is 20.0. The molecule has 0 radical (unpaired) electrons. The summed E-state index contributed by atoms with van der Waals surface area (Å²) in [6.45, 7) is 12.4. The molecule has 0 saturated heterocycles. The highest BCUT2D eigenvalue weighted by Gasteiger charge is 2.37. The number of benzene rings is 2. The third-order valence-electron chi connectivity index (χ3n) is 5.48. The molecule has 7 heteroatoms. The van der Waals surface area contributed by atoms with Crippen LogP contribution < -0.4 is 14.4 Å². The Kier molecular flexibility index (Phi) is 6.37. The van der Waals surface area contributed by atoms with Crippen molar-refractivity contribution in [1.82, 2.24) is 0 Å². The van der Waals surface area contributed by atoms with Crippen LogP contribution in [0.1, 0.15) is 45.2 Å². The number of amides is 1. The Balaban J connectivity index is 2.00. The molecule has 0 spiro atoms. The number of nitrogens with one attached hydrogen (secondary N) is 1. The molecule has 1 aliphatic rings. The number of rotatable bonds is 6. The van der Waals surface area contributed by atoms with Gasteiger partial charge in [-0.2, -0.15) is 0 Å². The maximum absolute atomic E-state index is 13.2. The normalized spacial score (nSPS) is 16.0. The smallest absolute Gasteiger partial charge is 0.262 e. The second-order valence-electron chi connectivity index (χ2n) is 9.37. The lowest BCUT2D eigenvalue weighted by atomic mass is 9.92. The standard InChI is InChI=1S/C24H32N2O4S/c1-16(2)11-12-26-20-14-19(9-10-21(20)30-15-24(5,6)23(26)27)25-31(28,29)22-13-17(3)7-8-18(22)4/h7-10,13-14,16,25H,11-12,15H2,1-6H3. The summed E-state index contributed by atoms with van der Waals surface area (Å²) in [5, 5.41) is 0. The highest BCUT2D eigenvalue weighted by Crippen LogP contribution is 2.39. The molecule has 1 N–H and O–H groups in total. The van der Waals surface area contributed by atoms with Crippen LogP contribution in [0.15, 0.2) is 41.3 Å². The fraction of sp³-hybridized carbons (Fsp3) is 0.458. The summed E-state index contributed by atoms with van der Waals surface area (Å²) in [5.41, 5.74) is 1.86. The molecule has 0 aliphatic carbocycles. The second-order valence-corrected chi connectivity index (χ2v) is 11.0. The molecule has 6 nitrogen and oxygen atoms in total. The number of carbonyl (C=O) groups excluding carboxylic acids is 1. The van der Waals surface area contributed by atoms with Crippen molar-refractivity contribution in [2.45, 2.75) is 52.9 Å². The molecule has 2 aromatic rings. The van der Waals surface area contributed by atoms with Crippen molar-refractivity contribution < 1.29 is 17.9 Å². The molecule has 0 bridgehead atoms. The largest absolute Gasteiger partial charge is 0.490 e. The Bertz CT molecular complexity index is 1090. The summed E-state index contributed by atoms with van der Waals surface area (Å²) in [5.74, 6) is 0.980. The molecule has 1 aliphatic heterocycles. The molecule has 168 valence electrons. The maximum atomic E-state index is 13.2. The number of ether oxygens (including phenoxy) is 1. The Morgan fingerprint density at radius 2 is 1.84 bits per heavy atom. The first-order chi connectivity index (χ1) is 14.4. The minimum absolute atomic E-state index is 0.0264. The summed E-state index contributed by atoms with van der Waals surface area (Å²) < 4.78 is 34.7. The summed E-state index contributed by atoms with van der Waals surface area (Å²) in [6.07, 6.45) is 0.833. The van der Waals surface area contributed by atoms with Crippen LogP contribution in [0, 0.1) is 25.2 Å². The number of aryl methyl sites for hydroxylation is 2. The van der Waals surface area contributed by atoms with E-state index in [9.17, 15) is 13.2 Å². The van der Waals surface area contributed by atoms with Crippen LogP contribution in [0.5, 0.6) is 5.75 Å². The topological polar surface area (TPSA) is 75.7 Å². The van der Waals surface area contributed by atoms with E-state index in [4.69, 9.17) is 4.74 Å². The Labute approximate surface area is 185 Å². The van der Waals surface area contributed by atoms with Crippen molar-refractivity contribution in [2.75, 3.05) is 22.8 Å². The molecule has 0 fully saturated rings. The fourth-order valence-corrected chi connectivity index (χ4v) is 4.90. The number of nitrogens with zero attached hydrogens (tertiary/aromatic N) is 1. The van der Waals surface area contributed by atoms with Gasteiger partial charge in [0.1, 0.15) is 12.4 Å². The third kappa shape index (κ3) is 5.03. The number of sulfonamides is 1. The molecule has 0 saturated carbocycles. The van der Waals surface area contributed by atoms with Gasteiger partial charge in [0.25, 0.3) is 10.0 Å². The van der Waals surface area contributed by atoms with Crippen molar-refractivity contribution in [2.24, 2.45) is 11.3 Å². The van der Waals surface area contributed by atoms with Crippen LogP contribution >= 0.6 is 0 Å². The maximum Gasteiger partial charge on any atom is 0.262 e. The summed E-state index contributed by atoms with van der Waals surface area (Å²) >= 11 is 0. The summed E-state index contributed by atoms with van der Waals surface area (Å²) in [7, 11) is -3.78. The molecule has 0 aromatic heterocycles. The zero-order valence-electron chi connectivity index (χ0n) is 19.2. The lowest BCUT2D eigenvalue weighted by Gasteiger charge is -2.28. The summed E-state index contributed by atoms with van der Waals surface area (Å²) in [4.78, 5) is 15.2. The first kappa shape index (κ1) is 23.1. The number of carbonyl (C=O) groups is 1. The minimum Gasteiger partial charge on any atom is -0.490 e. The van der Waals surface area contributed by atoms with Gasteiger partial charge in [-0.05, 0) is 75.4 Å². The predicted octanol–water partition coefficient (Wildman–Crippen LogP) is 4.90. The zero-order chi connectivity index (χ0) is 23.0. The van der Waals surface area contributed by atoms with Crippen LogP contribution in [0.3, 0.4) is 0 Å². The van der Waals surface area contributed by atoms with Gasteiger partial charge in [0.05, 0.1) is 21.7 Å². The molecule has 31 heavy (non-hydrogen) atoms. The Morgan fingerprint density at radius 3 is 2.52 bits per heavy atom. The highest BCUT2D eigenvalue weighted by atomic mass is 32.2. The van der Waals surface area contributed by atoms with E-state index in [1.54, 1.807) is 42.2 Å². The van der Waals surface area contributed by atoms with E-state index in [-0.39, 0.29) is 17.4 Å². The molecule has 2 aromatic carbocycles. The second kappa shape index (κ2) is 8.54. The van der Waals surface area contributed by atoms with Crippen molar-refractivity contribution >= 4 is 27.3 Å². The van der Waals surface area contributed by atoms with Crippen LogP contribution in [0.4, 0.5) is 11.4 Å². The highest BCUT2D eigenvalue weighted by molar-refractivity contribution is 7.92. The van der Waals surface area contributed by atoms with Gasteiger partial charge >= 0.3 is 0 Å². The molecule has 0 unspecified atom stereocenters. The quantitative estimate of drug-likeness (QED) is 0.687. The predicted molar refractivity (Wildman–Crippen MR) is 124 cm³/mol. The van der Waals surface area contributed by atoms with E-state index in [1.807, 2.05) is 26.8 Å². The number of fused-ring (bicyclic) bond motifs is 1. The van der Waals surface area contributed by atoms with E-state index in [2.05, 4.69) is 18.6 Å². The molecule has 1 heterocycles. The van der Waals surface area contributed by atoms with E-state index in [0.717, 1.165) is 12.0 Å². The van der Waals surface area contributed by atoms with Crippen molar-refractivity contribution in [3.8, 4) is 5.75 Å². The van der Waals surface area contributed by atoms with Crippen molar-refractivity contribution in [3.05, 3.63) is 47.5 Å². The van der Waals surface area contributed by atoms with Crippen molar-refractivity contribution in [3.63, 3.8) is 0 Å². The monoisotopic (exact) mass is 444 g/mol. The van der Waals surface area contributed by atoms with Crippen molar-refractivity contribution in [1.29, 1.82) is 0 Å². The SMILES string of the molecule is Cc1ccc(C)c(S(=O)(=O)Nc2ccc3c(c2)N(CCC(C)C)C(=O)C(C)(C)CO3)c1. The summed E-state index contributed by atoms with van der Waals surface area (Å²) in [6, 6.07) is 10.4. The molecular weight excluding hydrogens is 412 g/mol. The van der Waals surface area contributed by atoms with Gasteiger partial charge in [0.15, 0.2) is 0 Å². The third-order valence-corrected chi connectivity index (χ3v) is 7.00. The van der Waals surface area contributed by atoms with Gasteiger partial charge < -0.3 is 9.64 Å². The van der Waals surface area contributed by atoms with Crippen LogP contribution in [0.25, 0.3) is 0 Å². The molecular formula is C24H32N2O4S. The Hall–Kier alpha value is -2.54. The number of hydrogen-bond donors (Lipinski definition) is 1. The molecule has 0 atom stereocenters. The average molecular weight is 445 g/mol. The average Bonchev–Trinajstić information content (AvgIpc) is 2.77. The fourth-order valence-electron chi connectivity index (χ4n) is 3.52. The van der Waals surface area contributed by atoms with Gasteiger partial charge in [0, 0.05) is 6.54 Å². The van der Waals surface area contributed by atoms with Gasteiger partial charge in [-0.1, -0.05) is 26.0 Å². The lowest BCUT2D eigenvalue weighted by Crippen LogP contribution is -2.42. The first-order valence-corrected chi connectivity index (χ1v) is 12.1. The van der Waals surface area contributed by atoms with Gasteiger partial charge in [-0.25, -0.2) is 8.42 Å². The molecule has 1 amide bonds.